The summed E-state index contributed by atoms with van der Waals surface area (Å²) >= 11 is 1.63. The van der Waals surface area contributed by atoms with Gasteiger partial charge in [-0.1, -0.05) is 12.1 Å². The average molecular weight is 382 g/mol. The molecule has 0 radical (unpaired) electrons. The molecule has 1 fully saturated rings. The van der Waals surface area contributed by atoms with Gasteiger partial charge in [-0.15, -0.1) is 0 Å². The van der Waals surface area contributed by atoms with Gasteiger partial charge in [0.1, 0.15) is 11.6 Å². The molecule has 1 saturated carbocycles. The number of rotatable bonds is 5. The minimum absolute atomic E-state index is 0.0541. The zero-order valence-corrected chi connectivity index (χ0v) is 16.0. The van der Waals surface area contributed by atoms with Crippen molar-refractivity contribution in [2.45, 2.75) is 25.0 Å². The lowest BCUT2D eigenvalue weighted by Gasteiger charge is -2.18. The van der Waals surface area contributed by atoms with Crippen LogP contribution in [0.4, 0.5) is 8.78 Å². The Kier molecular flexibility index (Phi) is 4.69. The van der Waals surface area contributed by atoms with E-state index in [1.165, 1.54) is 12.1 Å². The molecule has 5 heteroatoms. The van der Waals surface area contributed by atoms with Crippen molar-refractivity contribution < 1.29 is 8.78 Å². The Balaban J connectivity index is 1.90. The van der Waals surface area contributed by atoms with E-state index in [1.54, 1.807) is 17.8 Å². The van der Waals surface area contributed by atoms with Crippen LogP contribution in [0.25, 0.3) is 10.9 Å². The third-order valence-corrected chi connectivity index (χ3v) is 6.03. The number of aryl methyl sites for hydroxylation is 1. The topological polar surface area (TPSA) is 39.6 Å². The van der Waals surface area contributed by atoms with Gasteiger partial charge in [0, 0.05) is 28.8 Å². The standard InChI is InChI=1S/C22H20F2N2S/c1-12-3-4-16(20(24)5-12)21(17-7-13(17)9-25)19-10-26-22-14(11-27-2)6-15(23)8-18(19)22/h3-6,8,10,13,17,21,26H,7,11H2,1-2H3. The van der Waals surface area contributed by atoms with Gasteiger partial charge in [0.25, 0.3) is 0 Å². The molecule has 1 heterocycles. The monoisotopic (exact) mass is 382 g/mol. The Labute approximate surface area is 161 Å². The van der Waals surface area contributed by atoms with Gasteiger partial charge in [-0.2, -0.15) is 17.0 Å². The van der Waals surface area contributed by atoms with Gasteiger partial charge in [0.15, 0.2) is 0 Å². The maximum atomic E-state index is 14.8. The van der Waals surface area contributed by atoms with Crippen molar-refractivity contribution in [3.05, 3.63) is 70.4 Å². The molecule has 0 aliphatic heterocycles. The van der Waals surface area contributed by atoms with E-state index in [-0.39, 0.29) is 29.4 Å². The summed E-state index contributed by atoms with van der Waals surface area (Å²) < 4.78 is 29.1. The first-order chi connectivity index (χ1) is 13.0. The molecule has 0 amide bonds. The molecule has 3 unspecified atom stereocenters. The van der Waals surface area contributed by atoms with E-state index in [9.17, 15) is 14.0 Å². The number of benzene rings is 2. The number of aromatic amines is 1. The Morgan fingerprint density at radius 3 is 2.74 bits per heavy atom. The molecule has 0 saturated heterocycles. The van der Waals surface area contributed by atoms with Gasteiger partial charge in [-0.3, -0.25) is 0 Å². The zero-order valence-electron chi connectivity index (χ0n) is 15.2. The number of fused-ring (bicyclic) bond motifs is 1. The third kappa shape index (κ3) is 3.23. The van der Waals surface area contributed by atoms with Crippen molar-refractivity contribution in [2.24, 2.45) is 11.8 Å². The van der Waals surface area contributed by atoms with Crippen molar-refractivity contribution in [3.63, 3.8) is 0 Å². The summed E-state index contributed by atoms with van der Waals surface area (Å²) in [5.41, 5.74) is 4.11. The van der Waals surface area contributed by atoms with Crippen molar-refractivity contribution >= 4 is 22.7 Å². The Morgan fingerprint density at radius 1 is 1.26 bits per heavy atom. The van der Waals surface area contributed by atoms with Crippen molar-refractivity contribution in [1.29, 1.82) is 5.26 Å². The van der Waals surface area contributed by atoms with Crippen molar-refractivity contribution in [2.75, 3.05) is 6.26 Å². The number of aromatic nitrogens is 1. The number of nitriles is 1. The lowest BCUT2D eigenvalue weighted by molar-refractivity contribution is 0.573. The molecular weight excluding hydrogens is 362 g/mol. The fraction of sp³-hybridized carbons (Fsp3) is 0.318. The first-order valence-electron chi connectivity index (χ1n) is 8.97. The Hall–Kier alpha value is -2.32. The highest BCUT2D eigenvalue weighted by Crippen LogP contribution is 2.53. The van der Waals surface area contributed by atoms with E-state index >= 15 is 0 Å². The molecule has 2 nitrogen and oxygen atoms in total. The molecule has 3 aromatic rings. The van der Waals surface area contributed by atoms with Crippen LogP contribution in [0, 0.1) is 41.7 Å². The van der Waals surface area contributed by atoms with Crippen LogP contribution >= 0.6 is 11.8 Å². The molecule has 4 rings (SSSR count). The summed E-state index contributed by atoms with van der Waals surface area (Å²) in [5.74, 6) is -0.143. The van der Waals surface area contributed by atoms with Crippen LogP contribution in [0.3, 0.4) is 0 Å². The van der Waals surface area contributed by atoms with E-state index in [1.807, 2.05) is 31.5 Å². The van der Waals surface area contributed by atoms with E-state index in [0.717, 1.165) is 34.0 Å². The maximum absolute atomic E-state index is 14.8. The number of hydrogen-bond acceptors (Lipinski definition) is 2. The van der Waals surface area contributed by atoms with Crippen LogP contribution in [0.15, 0.2) is 36.5 Å². The average Bonchev–Trinajstić information content (AvgIpc) is 3.29. The summed E-state index contributed by atoms with van der Waals surface area (Å²) in [7, 11) is 0. The van der Waals surface area contributed by atoms with Crippen molar-refractivity contribution in [3.8, 4) is 6.07 Å². The van der Waals surface area contributed by atoms with Crippen LogP contribution in [0.5, 0.6) is 0 Å². The third-order valence-electron chi connectivity index (χ3n) is 5.43. The van der Waals surface area contributed by atoms with Crippen molar-refractivity contribution in [1.82, 2.24) is 4.98 Å². The number of H-pyrrole nitrogens is 1. The van der Waals surface area contributed by atoms with Gasteiger partial charge >= 0.3 is 0 Å². The lowest BCUT2D eigenvalue weighted by atomic mass is 9.85. The van der Waals surface area contributed by atoms with Crippen LogP contribution in [0.2, 0.25) is 0 Å². The maximum Gasteiger partial charge on any atom is 0.127 e. The second kappa shape index (κ2) is 7.01. The normalized spacial score (nSPS) is 19.8. The predicted octanol–water partition coefficient (Wildman–Crippen LogP) is 5.91. The molecule has 1 aliphatic carbocycles. The summed E-state index contributed by atoms with van der Waals surface area (Å²) in [5, 5.41) is 10.1. The van der Waals surface area contributed by atoms with Crippen LogP contribution in [0.1, 0.15) is 34.6 Å². The van der Waals surface area contributed by atoms with Gasteiger partial charge in [-0.25, -0.2) is 8.78 Å². The molecule has 1 aliphatic rings. The van der Waals surface area contributed by atoms with E-state index in [4.69, 9.17) is 0 Å². The van der Waals surface area contributed by atoms with Crippen LogP contribution < -0.4 is 0 Å². The minimum atomic E-state index is -0.289. The molecular formula is C22H20F2N2S. The molecule has 2 aromatic carbocycles. The van der Waals surface area contributed by atoms with E-state index < -0.39 is 0 Å². The van der Waals surface area contributed by atoms with Crippen LogP contribution in [-0.4, -0.2) is 11.2 Å². The molecule has 3 atom stereocenters. The smallest absolute Gasteiger partial charge is 0.127 e. The predicted molar refractivity (Wildman–Crippen MR) is 106 cm³/mol. The van der Waals surface area contributed by atoms with Crippen LogP contribution in [-0.2, 0) is 5.75 Å². The summed E-state index contributed by atoms with van der Waals surface area (Å²) in [4.78, 5) is 3.28. The fourth-order valence-corrected chi connectivity index (χ4v) is 4.60. The van der Waals surface area contributed by atoms with E-state index in [0.29, 0.717) is 11.3 Å². The molecule has 0 spiro atoms. The minimum Gasteiger partial charge on any atom is -0.361 e. The molecule has 138 valence electrons. The SMILES string of the molecule is CSCc1cc(F)cc2c(C(c3ccc(C)cc3F)C3CC3C#N)c[nH]c12. The number of nitrogens with zero attached hydrogens (tertiary/aromatic N) is 1. The molecule has 1 aromatic heterocycles. The highest BCUT2D eigenvalue weighted by molar-refractivity contribution is 7.97. The fourth-order valence-electron chi connectivity index (χ4n) is 4.06. The van der Waals surface area contributed by atoms with Gasteiger partial charge in [0.05, 0.1) is 12.0 Å². The van der Waals surface area contributed by atoms with Gasteiger partial charge in [-0.05, 0) is 66.0 Å². The Morgan fingerprint density at radius 2 is 2.07 bits per heavy atom. The van der Waals surface area contributed by atoms with Gasteiger partial charge < -0.3 is 4.98 Å². The first-order valence-corrected chi connectivity index (χ1v) is 10.4. The largest absolute Gasteiger partial charge is 0.361 e. The lowest BCUT2D eigenvalue weighted by Crippen LogP contribution is -2.07. The second-order valence-corrected chi connectivity index (χ2v) is 8.17. The first kappa shape index (κ1) is 18.1. The van der Waals surface area contributed by atoms with Gasteiger partial charge in [0.2, 0.25) is 0 Å². The zero-order chi connectivity index (χ0) is 19.1. The van der Waals surface area contributed by atoms with E-state index in [2.05, 4.69) is 11.1 Å². The summed E-state index contributed by atoms with van der Waals surface area (Å²) in [6.07, 6.45) is 4.59. The highest BCUT2D eigenvalue weighted by Gasteiger charge is 2.46. The summed E-state index contributed by atoms with van der Waals surface area (Å²) in [6, 6.07) is 10.6. The number of hydrogen-bond donors (Lipinski definition) is 1. The second-order valence-electron chi connectivity index (χ2n) is 7.30. The quantitative estimate of drug-likeness (QED) is 0.596. The molecule has 0 bridgehead atoms. The molecule has 1 N–H and O–H groups in total. The summed E-state index contributed by atoms with van der Waals surface area (Å²) in [6.45, 7) is 1.85. The number of thioether (sulfide) groups is 1. The number of nitrogens with one attached hydrogen (secondary N) is 1. The number of halogens is 2. The highest BCUT2D eigenvalue weighted by atomic mass is 32.2. The Bertz CT molecular complexity index is 1050. The molecule has 27 heavy (non-hydrogen) atoms.